The van der Waals surface area contributed by atoms with Crippen LogP contribution in [0.25, 0.3) is 5.65 Å². The Morgan fingerprint density at radius 1 is 1.28 bits per heavy atom. The molecule has 3 heterocycles. The largest absolute Gasteiger partial charge is 0.485 e. The molecule has 32 heavy (non-hydrogen) atoms. The fourth-order valence-corrected chi connectivity index (χ4v) is 6.39. The monoisotopic (exact) mass is 517 g/mol. The molecule has 0 amide bonds. The molecule has 0 spiro atoms. The lowest BCUT2D eigenvalue weighted by Crippen LogP contribution is -2.40. The van der Waals surface area contributed by atoms with Crippen molar-refractivity contribution in [1.82, 2.24) is 13.7 Å². The molecule has 1 saturated heterocycles. The van der Waals surface area contributed by atoms with Crippen LogP contribution < -0.4 is 4.74 Å². The molecule has 1 aliphatic heterocycles. The van der Waals surface area contributed by atoms with E-state index in [4.69, 9.17) is 39.5 Å². The molecule has 12 heteroatoms. The van der Waals surface area contributed by atoms with Gasteiger partial charge in [-0.25, -0.2) is 13.4 Å². The minimum atomic E-state index is -4.15. The second-order valence-corrected chi connectivity index (χ2v) is 10.3. The van der Waals surface area contributed by atoms with Gasteiger partial charge in [-0.15, -0.1) is 0 Å². The van der Waals surface area contributed by atoms with Gasteiger partial charge < -0.3 is 9.84 Å². The van der Waals surface area contributed by atoms with Crippen molar-refractivity contribution in [3.8, 4) is 5.75 Å². The van der Waals surface area contributed by atoms with Crippen LogP contribution in [0.4, 0.5) is 0 Å². The Morgan fingerprint density at radius 2 is 2.03 bits per heavy atom. The van der Waals surface area contributed by atoms with Gasteiger partial charge in [0.2, 0.25) is 10.0 Å². The first kappa shape index (κ1) is 23.1. The molecule has 4 rings (SSSR count). The van der Waals surface area contributed by atoms with Gasteiger partial charge in [-0.2, -0.15) is 4.31 Å². The number of halogens is 3. The third-order valence-corrected chi connectivity index (χ3v) is 8.62. The van der Waals surface area contributed by atoms with Crippen molar-refractivity contribution in [1.29, 1.82) is 0 Å². The van der Waals surface area contributed by atoms with Crippen molar-refractivity contribution in [3.05, 3.63) is 56.9 Å². The van der Waals surface area contributed by atoms with Crippen LogP contribution >= 0.6 is 34.8 Å². The van der Waals surface area contributed by atoms with Crippen molar-refractivity contribution in [3.63, 3.8) is 0 Å². The van der Waals surface area contributed by atoms with Crippen LogP contribution in [-0.2, 0) is 21.4 Å². The van der Waals surface area contributed by atoms with Gasteiger partial charge in [-0.1, -0.05) is 34.8 Å². The normalized spacial score (nSPS) is 17.2. The number of carbonyl (C=O) groups is 1. The summed E-state index contributed by atoms with van der Waals surface area (Å²) >= 11 is 19.0. The number of pyridine rings is 1. The molecule has 0 unspecified atom stereocenters. The van der Waals surface area contributed by atoms with Crippen molar-refractivity contribution in [2.45, 2.75) is 37.3 Å². The lowest BCUT2D eigenvalue weighted by Gasteiger charge is -2.22. The van der Waals surface area contributed by atoms with Gasteiger partial charge in [-0.3, -0.25) is 9.20 Å². The first-order valence-corrected chi connectivity index (χ1v) is 12.2. The number of fused-ring (bicyclic) bond motifs is 1. The molecule has 1 aromatic carbocycles. The maximum Gasteiger partial charge on any atom is 0.322 e. The summed E-state index contributed by atoms with van der Waals surface area (Å²) in [4.78, 5) is 15.7. The Kier molecular flexibility index (Phi) is 6.30. The quantitative estimate of drug-likeness (QED) is 0.518. The van der Waals surface area contributed by atoms with Crippen LogP contribution in [0.2, 0.25) is 15.2 Å². The highest BCUT2D eigenvalue weighted by molar-refractivity contribution is 7.89. The van der Waals surface area contributed by atoms with E-state index in [0.29, 0.717) is 28.7 Å². The number of imidazole rings is 1. The number of rotatable bonds is 6. The van der Waals surface area contributed by atoms with E-state index in [2.05, 4.69) is 4.98 Å². The fraction of sp³-hybridized carbons (Fsp3) is 0.300. The summed E-state index contributed by atoms with van der Waals surface area (Å²) in [5.74, 6) is -0.783. The minimum Gasteiger partial charge on any atom is -0.485 e. The maximum absolute atomic E-state index is 13.2. The molecule has 1 aliphatic rings. The summed E-state index contributed by atoms with van der Waals surface area (Å²) in [5.41, 5.74) is 1.38. The summed E-state index contributed by atoms with van der Waals surface area (Å²) in [5, 5.41) is 9.94. The maximum atomic E-state index is 13.2. The van der Waals surface area contributed by atoms with Crippen molar-refractivity contribution in [2.75, 3.05) is 6.54 Å². The van der Waals surface area contributed by atoms with E-state index in [9.17, 15) is 18.3 Å². The van der Waals surface area contributed by atoms with Crippen LogP contribution in [0.1, 0.15) is 24.1 Å². The zero-order valence-electron chi connectivity index (χ0n) is 16.8. The van der Waals surface area contributed by atoms with E-state index in [1.54, 1.807) is 29.7 Å². The van der Waals surface area contributed by atoms with Crippen molar-refractivity contribution in [2.24, 2.45) is 0 Å². The highest BCUT2D eigenvalue weighted by Gasteiger charge is 2.40. The highest BCUT2D eigenvalue weighted by atomic mass is 35.5. The number of aromatic nitrogens is 2. The van der Waals surface area contributed by atoms with Gasteiger partial charge in [0, 0.05) is 23.3 Å². The lowest BCUT2D eigenvalue weighted by molar-refractivity contribution is -0.140. The number of sulfonamides is 1. The summed E-state index contributed by atoms with van der Waals surface area (Å²) in [6, 6.07) is 4.99. The van der Waals surface area contributed by atoms with E-state index >= 15 is 0 Å². The number of benzene rings is 1. The van der Waals surface area contributed by atoms with Gasteiger partial charge in [-0.05, 0) is 44.0 Å². The molecular weight excluding hydrogens is 501 g/mol. The summed E-state index contributed by atoms with van der Waals surface area (Å²) < 4.78 is 34.9. The fourth-order valence-electron chi connectivity index (χ4n) is 3.70. The third-order valence-electron chi connectivity index (χ3n) is 5.31. The zero-order chi connectivity index (χ0) is 23.2. The Hall–Kier alpha value is -2.04. The number of aryl methyl sites for hydroxylation is 1. The summed E-state index contributed by atoms with van der Waals surface area (Å²) in [6.07, 6.45) is 2.44. The third kappa shape index (κ3) is 3.92. The van der Waals surface area contributed by atoms with E-state index in [0.717, 1.165) is 4.31 Å². The van der Waals surface area contributed by atoms with Crippen LogP contribution in [0.5, 0.6) is 5.75 Å². The lowest BCUT2D eigenvalue weighted by atomic mass is 10.2. The Balaban J connectivity index is 1.68. The number of ether oxygens (including phenoxy) is 1. The molecule has 1 N–H and O–H groups in total. The summed E-state index contributed by atoms with van der Waals surface area (Å²) in [6.45, 7) is 1.74. The zero-order valence-corrected chi connectivity index (χ0v) is 19.8. The van der Waals surface area contributed by atoms with Gasteiger partial charge in [0.05, 0.1) is 10.7 Å². The first-order valence-electron chi connectivity index (χ1n) is 9.60. The Bertz CT molecular complexity index is 1330. The SMILES string of the molecule is Cc1nc2c(OCc3c(Cl)ccc(S(=O)(=O)N4CCC[C@H]4C(=O)O)c3Cl)cccn2c1Cl. The number of aliphatic carboxylic acids is 1. The highest BCUT2D eigenvalue weighted by Crippen LogP contribution is 2.36. The standard InChI is InChI=1S/C20H18Cl3N3O5S/c1-11-18(23)25-8-3-5-15(19(25)24-11)31-10-12-13(21)6-7-16(17(12)22)32(29,30)26-9-2-4-14(26)20(27)28/h3,5-8,14H,2,4,9-10H2,1H3,(H,27,28)/t14-/m0/s1. The van der Waals surface area contributed by atoms with Crippen LogP contribution in [0.15, 0.2) is 35.4 Å². The number of nitrogens with zero attached hydrogens (tertiary/aromatic N) is 3. The average molecular weight is 519 g/mol. The van der Waals surface area contributed by atoms with E-state index in [-0.39, 0.29) is 40.1 Å². The van der Waals surface area contributed by atoms with Crippen LogP contribution in [0, 0.1) is 6.92 Å². The Morgan fingerprint density at radius 3 is 2.75 bits per heavy atom. The molecule has 0 bridgehead atoms. The topological polar surface area (TPSA) is 101 Å². The minimum absolute atomic E-state index is 0.103. The van der Waals surface area contributed by atoms with E-state index in [1.807, 2.05) is 0 Å². The molecule has 8 nitrogen and oxygen atoms in total. The predicted octanol–water partition coefficient (Wildman–Crippen LogP) is 4.42. The van der Waals surface area contributed by atoms with Gasteiger partial charge in [0.25, 0.3) is 0 Å². The van der Waals surface area contributed by atoms with Crippen LogP contribution in [0.3, 0.4) is 0 Å². The second kappa shape index (κ2) is 8.72. The van der Waals surface area contributed by atoms with Crippen LogP contribution in [-0.4, -0.2) is 45.8 Å². The summed E-state index contributed by atoms with van der Waals surface area (Å²) in [7, 11) is -4.15. The molecule has 1 fully saturated rings. The first-order chi connectivity index (χ1) is 15.1. The number of hydrogen-bond acceptors (Lipinski definition) is 5. The van der Waals surface area contributed by atoms with Gasteiger partial charge in [0.15, 0.2) is 11.4 Å². The molecular formula is C20H18Cl3N3O5S. The molecule has 1 atom stereocenters. The molecule has 2 aromatic heterocycles. The molecule has 0 aliphatic carbocycles. The number of hydrogen-bond donors (Lipinski definition) is 1. The average Bonchev–Trinajstić information content (AvgIpc) is 3.34. The van der Waals surface area contributed by atoms with Crippen molar-refractivity contribution < 1.29 is 23.1 Å². The van der Waals surface area contributed by atoms with E-state index in [1.165, 1.54) is 12.1 Å². The smallest absolute Gasteiger partial charge is 0.322 e. The van der Waals surface area contributed by atoms with Gasteiger partial charge in [0.1, 0.15) is 22.7 Å². The predicted molar refractivity (Wildman–Crippen MR) is 120 cm³/mol. The number of carboxylic acid groups (broad SMARTS) is 1. The molecule has 0 radical (unpaired) electrons. The molecule has 0 saturated carbocycles. The van der Waals surface area contributed by atoms with Gasteiger partial charge >= 0.3 is 5.97 Å². The Labute approximate surface area is 199 Å². The van der Waals surface area contributed by atoms with E-state index < -0.39 is 22.0 Å². The second-order valence-electron chi connectivity index (χ2n) is 7.29. The van der Waals surface area contributed by atoms with Crippen molar-refractivity contribution >= 4 is 56.4 Å². The molecule has 170 valence electrons. The number of carboxylic acids is 1. The molecule has 3 aromatic rings.